The molecule has 21 heavy (non-hydrogen) atoms. The van der Waals surface area contributed by atoms with E-state index in [2.05, 4.69) is 6.07 Å². The predicted octanol–water partition coefficient (Wildman–Crippen LogP) is 2.09. The quantitative estimate of drug-likeness (QED) is 0.865. The fourth-order valence-electron chi connectivity index (χ4n) is 3.78. The highest BCUT2D eigenvalue weighted by atomic mass is 16.2. The Hall–Kier alpha value is -1.68. The molecular weight excluding hydrogens is 264 g/mol. The summed E-state index contributed by atoms with van der Waals surface area (Å²) < 4.78 is 0. The number of hydrogen-bond donors (Lipinski definition) is 1. The summed E-state index contributed by atoms with van der Waals surface area (Å²) >= 11 is 0. The maximum absolute atomic E-state index is 12.4. The maximum atomic E-state index is 12.4. The van der Waals surface area contributed by atoms with Gasteiger partial charge in [-0.1, -0.05) is 30.2 Å². The number of carbonyl (C=O) groups excluding carboxylic acids is 2. The van der Waals surface area contributed by atoms with Gasteiger partial charge < -0.3 is 5.73 Å². The second kappa shape index (κ2) is 5.26. The molecular formula is C17H22N2O2. The highest BCUT2D eigenvalue weighted by Gasteiger charge is 2.49. The van der Waals surface area contributed by atoms with E-state index in [0.717, 1.165) is 30.4 Å². The summed E-state index contributed by atoms with van der Waals surface area (Å²) in [6.07, 6.45) is 2.69. The van der Waals surface area contributed by atoms with Gasteiger partial charge in [0.25, 0.3) is 0 Å². The molecule has 3 unspecified atom stereocenters. The third-order valence-electron chi connectivity index (χ3n) is 4.89. The minimum Gasteiger partial charge on any atom is -0.322 e. The van der Waals surface area contributed by atoms with Crippen molar-refractivity contribution in [1.29, 1.82) is 0 Å². The second-order valence-electron chi connectivity index (χ2n) is 6.40. The minimum atomic E-state index is -0.308. The van der Waals surface area contributed by atoms with Crippen LogP contribution in [-0.2, 0) is 9.59 Å². The number of likely N-dealkylation sites (tertiary alicyclic amines) is 1. The van der Waals surface area contributed by atoms with Crippen molar-refractivity contribution in [2.45, 2.75) is 39.2 Å². The number of aryl methyl sites for hydroxylation is 2. The van der Waals surface area contributed by atoms with E-state index in [0.29, 0.717) is 6.54 Å². The van der Waals surface area contributed by atoms with Gasteiger partial charge in [0.05, 0.1) is 11.8 Å². The molecule has 2 aliphatic rings. The lowest BCUT2D eigenvalue weighted by molar-refractivity contribution is -0.140. The van der Waals surface area contributed by atoms with E-state index in [1.54, 1.807) is 0 Å². The second-order valence-corrected chi connectivity index (χ2v) is 6.40. The molecule has 3 rings (SSSR count). The van der Waals surface area contributed by atoms with Crippen LogP contribution in [0.2, 0.25) is 0 Å². The molecule has 4 heteroatoms. The third kappa shape index (κ3) is 2.38. The van der Waals surface area contributed by atoms with Crippen LogP contribution in [0.1, 0.15) is 42.0 Å². The molecule has 1 saturated heterocycles. The molecule has 2 fully saturated rings. The first-order chi connectivity index (χ1) is 9.99. The average molecular weight is 286 g/mol. The summed E-state index contributed by atoms with van der Waals surface area (Å²) in [6.45, 7) is 4.36. The Bertz CT molecular complexity index is 574. The first kappa shape index (κ1) is 14.3. The van der Waals surface area contributed by atoms with Gasteiger partial charge in [-0.05, 0) is 37.8 Å². The molecule has 2 N–H and O–H groups in total. The fourth-order valence-corrected chi connectivity index (χ4v) is 3.78. The van der Waals surface area contributed by atoms with Gasteiger partial charge in [0.1, 0.15) is 0 Å². The number of fused-ring (bicyclic) bond motifs is 1. The molecule has 4 nitrogen and oxygen atoms in total. The highest BCUT2D eigenvalue weighted by Crippen LogP contribution is 2.40. The van der Waals surface area contributed by atoms with Gasteiger partial charge >= 0.3 is 0 Å². The number of hydrogen-bond acceptors (Lipinski definition) is 3. The van der Waals surface area contributed by atoms with Crippen LogP contribution in [0.25, 0.3) is 0 Å². The normalized spacial score (nSPS) is 26.3. The molecule has 1 heterocycles. The topological polar surface area (TPSA) is 63.4 Å². The molecule has 1 aliphatic heterocycles. The zero-order chi connectivity index (χ0) is 15.1. The van der Waals surface area contributed by atoms with E-state index in [-0.39, 0.29) is 29.7 Å². The summed E-state index contributed by atoms with van der Waals surface area (Å²) in [5, 5.41) is 0. The molecule has 1 aromatic carbocycles. The van der Waals surface area contributed by atoms with E-state index in [1.165, 1.54) is 10.5 Å². The number of imide groups is 1. The van der Waals surface area contributed by atoms with Crippen LogP contribution in [0, 0.1) is 25.7 Å². The largest absolute Gasteiger partial charge is 0.322 e. The molecule has 112 valence electrons. The van der Waals surface area contributed by atoms with Crippen molar-refractivity contribution in [3.8, 4) is 0 Å². The summed E-state index contributed by atoms with van der Waals surface area (Å²) in [5.74, 6) is -0.182. The summed E-state index contributed by atoms with van der Waals surface area (Å²) in [5.41, 5.74) is 9.57. The molecule has 1 aliphatic carbocycles. The van der Waals surface area contributed by atoms with Crippen LogP contribution < -0.4 is 5.73 Å². The summed E-state index contributed by atoms with van der Waals surface area (Å²) in [6, 6.07) is 5.79. The minimum absolute atomic E-state index is 0.0114. The molecule has 0 aromatic heterocycles. The fraction of sp³-hybridized carbons (Fsp3) is 0.529. The summed E-state index contributed by atoms with van der Waals surface area (Å²) in [4.78, 5) is 26.1. The van der Waals surface area contributed by atoms with Crippen molar-refractivity contribution in [1.82, 2.24) is 4.90 Å². The Kier molecular flexibility index (Phi) is 3.57. The Morgan fingerprint density at radius 1 is 1.19 bits per heavy atom. The molecule has 3 atom stereocenters. The first-order valence-electron chi connectivity index (χ1n) is 7.67. The number of nitrogens with two attached hydrogens (primary N) is 1. The maximum Gasteiger partial charge on any atom is 0.233 e. The average Bonchev–Trinajstić information content (AvgIpc) is 2.99. The molecule has 0 radical (unpaired) electrons. The van der Waals surface area contributed by atoms with Crippen molar-refractivity contribution < 1.29 is 9.59 Å². The van der Waals surface area contributed by atoms with Crippen LogP contribution in [0.5, 0.6) is 0 Å². The standard InChI is InChI=1S/C17H22N2O2/c1-10-6-7-12(11(2)8-10)15(18)9-19-16(20)13-4-3-5-14(13)17(19)21/h6-8,13-15H,3-5,9,18H2,1-2H3. The monoisotopic (exact) mass is 286 g/mol. The lowest BCUT2D eigenvalue weighted by atomic mass is 9.99. The van der Waals surface area contributed by atoms with Crippen molar-refractivity contribution in [3.05, 3.63) is 34.9 Å². The zero-order valence-corrected chi connectivity index (χ0v) is 12.6. The van der Waals surface area contributed by atoms with Gasteiger partial charge in [0, 0.05) is 12.6 Å². The van der Waals surface area contributed by atoms with Crippen LogP contribution in [0.3, 0.4) is 0 Å². The van der Waals surface area contributed by atoms with Crippen molar-refractivity contribution in [2.75, 3.05) is 6.54 Å². The van der Waals surface area contributed by atoms with Crippen LogP contribution >= 0.6 is 0 Å². The Balaban J connectivity index is 1.77. The predicted molar refractivity (Wildman–Crippen MR) is 80.4 cm³/mol. The smallest absolute Gasteiger partial charge is 0.233 e. The van der Waals surface area contributed by atoms with Gasteiger partial charge in [-0.3, -0.25) is 14.5 Å². The van der Waals surface area contributed by atoms with Crippen LogP contribution in [0.4, 0.5) is 0 Å². The zero-order valence-electron chi connectivity index (χ0n) is 12.6. The van der Waals surface area contributed by atoms with E-state index in [1.807, 2.05) is 26.0 Å². The Morgan fingerprint density at radius 2 is 1.81 bits per heavy atom. The van der Waals surface area contributed by atoms with Gasteiger partial charge in [0.15, 0.2) is 0 Å². The SMILES string of the molecule is Cc1ccc(C(N)CN2C(=O)C3CCCC3C2=O)c(C)c1. The molecule has 0 spiro atoms. The number of rotatable bonds is 3. The summed E-state index contributed by atoms with van der Waals surface area (Å²) in [7, 11) is 0. The van der Waals surface area contributed by atoms with Gasteiger partial charge in [0.2, 0.25) is 11.8 Å². The van der Waals surface area contributed by atoms with E-state index >= 15 is 0 Å². The van der Waals surface area contributed by atoms with Crippen molar-refractivity contribution >= 4 is 11.8 Å². The Labute approximate surface area is 125 Å². The van der Waals surface area contributed by atoms with Crippen molar-refractivity contribution in [3.63, 3.8) is 0 Å². The van der Waals surface area contributed by atoms with E-state index in [9.17, 15) is 9.59 Å². The van der Waals surface area contributed by atoms with Gasteiger partial charge in [-0.2, -0.15) is 0 Å². The van der Waals surface area contributed by atoms with Gasteiger partial charge in [-0.25, -0.2) is 0 Å². The van der Waals surface area contributed by atoms with Gasteiger partial charge in [-0.15, -0.1) is 0 Å². The van der Waals surface area contributed by atoms with Crippen molar-refractivity contribution in [2.24, 2.45) is 17.6 Å². The number of benzene rings is 1. The molecule has 1 aromatic rings. The first-order valence-corrected chi connectivity index (χ1v) is 7.67. The third-order valence-corrected chi connectivity index (χ3v) is 4.89. The molecule has 2 amide bonds. The van der Waals surface area contributed by atoms with Crippen LogP contribution in [0.15, 0.2) is 18.2 Å². The highest BCUT2D eigenvalue weighted by molar-refractivity contribution is 6.05. The Morgan fingerprint density at radius 3 is 2.38 bits per heavy atom. The lowest BCUT2D eigenvalue weighted by Gasteiger charge is -2.22. The lowest BCUT2D eigenvalue weighted by Crippen LogP contribution is -2.38. The van der Waals surface area contributed by atoms with E-state index in [4.69, 9.17) is 5.73 Å². The molecule has 1 saturated carbocycles. The number of carbonyl (C=O) groups is 2. The van der Waals surface area contributed by atoms with E-state index < -0.39 is 0 Å². The van der Waals surface area contributed by atoms with Crippen LogP contribution in [-0.4, -0.2) is 23.3 Å². The number of amides is 2. The number of nitrogens with zero attached hydrogens (tertiary/aromatic N) is 1. The molecule has 0 bridgehead atoms.